The molecule has 4 N–H and O–H groups in total. The summed E-state index contributed by atoms with van der Waals surface area (Å²) in [6.07, 6.45) is 5.23. The van der Waals surface area contributed by atoms with Crippen molar-refractivity contribution >= 4 is 0 Å². The van der Waals surface area contributed by atoms with E-state index in [9.17, 15) is 0 Å². The zero-order valence-corrected chi connectivity index (χ0v) is 11.1. The van der Waals surface area contributed by atoms with E-state index in [1.54, 1.807) is 19.1 Å². The van der Waals surface area contributed by atoms with E-state index in [-0.39, 0.29) is 0 Å². The Balaban J connectivity index is 3.48. The van der Waals surface area contributed by atoms with Gasteiger partial charge in [-0.3, -0.25) is 0 Å². The van der Waals surface area contributed by atoms with Crippen LogP contribution in [0.1, 0.15) is 25.7 Å². The van der Waals surface area contributed by atoms with Crippen LogP contribution in [0.2, 0.25) is 0 Å². The van der Waals surface area contributed by atoms with E-state index in [4.69, 9.17) is 9.47 Å². The molecule has 0 saturated carbocycles. The van der Waals surface area contributed by atoms with Gasteiger partial charge in [0.15, 0.2) is 0 Å². The Labute approximate surface area is 100 Å². The van der Waals surface area contributed by atoms with E-state index in [0.29, 0.717) is 0 Å². The van der Waals surface area contributed by atoms with Crippen molar-refractivity contribution < 1.29 is 20.1 Å². The predicted octanol–water partition coefficient (Wildman–Crippen LogP) is -1.03. The molecule has 0 bridgehead atoms. The second kappa shape index (κ2) is 12.9. The fourth-order valence-electron chi connectivity index (χ4n) is 1.77. The largest absolute Gasteiger partial charge is 0.379 e. The normalized spacial score (nSPS) is 11.2. The molecule has 0 fully saturated rings. The molecule has 0 aliphatic carbocycles. The van der Waals surface area contributed by atoms with Crippen LogP contribution in [-0.4, -0.2) is 53.6 Å². The molecule has 98 valence electrons. The molecule has 0 amide bonds. The Bertz CT molecular complexity index is 126. The molecule has 0 rings (SSSR count). The highest BCUT2D eigenvalue weighted by Crippen LogP contribution is 1.95. The topological polar surface area (TPSA) is 50.5 Å². The van der Waals surface area contributed by atoms with Gasteiger partial charge in [-0.2, -0.15) is 0 Å². The lowest BCUT2D eigenvalue weighted by Crippen LogP contribution is -3.13. The van der Waals surface area contributed by atoms with Crippen molar-refractivity contribution in [1.29, 1.82) is 0 Å². The minimum absolute atomic E-state index is 0.845. The quantitative estimate of drug-likeness (QED) is 0.424. The minimum atomic E-state index is 0.845. The van der Waals surface area contributed by atoms with Gasteiger partial charge in [-0.05, 0) is 25.7 Å². The molecule has 0 aliphatic heterocycles. The van der Waals surface area contributed by atoms with E-state index >= 15 is 0 Å². The summed E-state index contributed by atoms with van der Waals surface area (Å²) >= 11 is 0. The molecular weight excluding hydrogens is 204 g/mol. The minimum Gasteiger partial charge on any atom is -0.379 e. The molecule has 0 spiro atoms. The second-order valence-electron chi connectivity index (χ2n) is 4.25. The van der Waals surface area contributed by atoms with Crippen LogP contribution in [0.3, 0.4) is 0 Å². The standard InChI is InChI=1S/C12H28N2O2/c1-15-11-9-14(10-12-16-2)8-6-4-3-5-7-13/h3-13H2,1-2H3/p+2. The zero-order chi connectivity index (χ0) is 12.1. The highest BCUT2D eigenvalue weighted by molar-refractivity contribution is 4.41. The summed E-state index contributed by atoms with van der Waals surface area (Å²) in [6, 6.07) is 0. The Kier molecular flexibility index (Phi) is 12.8. The lowest BCUT2D eigenvalue weighted by molar-refractivity contribution is -0.901. The molecule has 4 nitrogen and oxygen atoms in total. The first-order valence-corrected chi connectivity index (χ1v) is 6.45. The molecule has 0 aromatic heterocycles. The Hall–Kier alpha value is -0.160. The highest BCUT2D eigenvalue weighted by atomic mass is 16.5. The predicted molar refractivity (Wildman–Crippen MR) is 65.5 cm³/mol. The summed E-state index contributed by atoms with van der Waals surface area (Å²) < 4.78 is 10.3. The fraction of sp³-hybridized carbons (Fsp3) is 1.00. The van der Waals surface area contributed by atoms with E-state index in [1.807, 2.05) is 0 Å². The molecule has 16 heavy (non-hydrogen) atoms. The number of methoxy groups -OCH3 is 2. The fourth-order valence-corrected chi connectivity index (χ4v) is 1.77. The van der Waals surface area contributed by atoms with Crippen molar-refractivity contribution in [3.63, 3.8) is 0 Å². The number of rotatable bonds is 12. The molecule has 0 aromatic rings. The maximum Gasteiger partial charge on any atom is 0.101 e. The summed E-state index contributed by atoms with van der Waals surface area (Å²) in [6.45, 7) is 6.19. The van der Waals surface area contributed by atoms with E-state index in [1.165, 1.54) is 32.2 Å². The van der Waals surface area contributed by atoms with Gasteiger partial charge in [0.05, 0.1) is 26.3 Å². The summed E-state index contributed by atoms with van der Waals surface area (Å²) in [7, 11) is 3.53. The maximum atomic E-state index is 5.13. The number of hydrogen-bond donors (Lipinski definition) is 2. The van der Waals surface area contributed by atoms with Gasteiger partial charge in [-0.15, -0.1) is 0 Å². The third-order valence-corrected chi connectivity index (χ3v) is 2.85. The first-order valence-electron chi connectivity index (χ1n) is 6.45. The number of ether oxygens (including phenoxy) is 2. The average molecular weight is 234 g/mol. The number of unbranched alkanes of at least 4 members (excludes halogenated alkanes) is 3. The van der Waals surface area contributed by atoms with E-state index in [2.05, 4.69) is 5.73 Å². The van der Waals surface area contributed by atoms with Crippen LogP contribution in [0.15, 0.2) is 0 Å². The van der Waals surface area contributed by atoms with Gasteiger partial charge in [0.25, 0.3) is 0 Å². The van der Waals surface area contributed by atoms with Crippen LogP contribution in [-0.2, 0) is 9.47 Å². The van der Waals surface area contributed by atoms with Crippen LogP contribution in [0, 0.1) is 0 Å². The van der Waals surface area contributed by atoms with Crippen molar-refractivity contribution in [2.24, 2.45) is 0 Å². The zero-order valence-electron chi connectivity index (χ0n) is 11.1. The Morgan fingerprint density at radius 2 is 1.38 bits per heavy atom. The molecular formula is C12H30N2O2+2. The van der Waals surface area contributed by atoms with Crippen LogP contribution < -0.4 is 10.6 Å². The molecule has 0 unspecified atom stereocenters. The molecule has 0 aliphatic rings. The number of nitrogens with one attached hydrogen (secondary N) is 1. The SMILES string of the molecule is COCC[NH+](CCCCCC[NH3+])CCOC. The summed E-state index contributed by atoms with van der Waals surface area (Å²) in [5.74, 6) is 0. The van der Waals surface area contributed by atoms with Crippen LogP contribution >= 0.6 is 0 Å². The van der Waals surface area contributed by atoms with Crippen molar-refractivity contribution in [2.75, 3.05) is 53.6 Å². The van der Waals surface area contributed by atoms with Gasteiger partial charge < -0.3 is 20.1 Å². The van der Waals surface area contributed by atoms with Crippen molar-refractivity contribution in [2.45, 2.75) is 25.7 Å². The van der Waals surface area contributed by atoms with Crippen molar-refractivity contribution in [3.8, 4) is 0 Å². The van der Waals surface area contributed by atoms with Crippen LogP contribution in [0.4, 0.5) is 0 Å². The van der Waals surface area contributed by atoms with Gasteiger partial charge in [0, 0.05) is 14.2 Å². The molecule has 4 heteroatoms. The van der Waals surface area contributed by atoms with Crippen molar-refractivity contribution in [3.05, 3.63) is 0 Å². The molecule has 0 aromatic carbocycles. The first-order chi connectivity index (χ1) is 7.85. The van der Waals surface area contributed by atoms with Gasteiger partial charge in [0.2, 0.25) is 0 Å². The summed E-state index contributed by atoms with van der Waals surface area (Å²) in [5.41, 5.74) is 3.86. The molecule has 0 heterocycles. The Morgan fingerprint density at radius 1 is 0.812 bits per heavy atom. The van der Waals surface area contributed by atoms with Crippen LogP contribution in [0.5, 0.6) is 0 Å². The lowest BCUT2D eigenvalue weighted by Gasteiger charge is -2.18. The van der Waals surface area contributed by atoms with Crippen molar-refractivity contribution in [1.82, 2.24) is 0 Å². The molecule has 0 radical (unpaired) electrons. The first kappa shape index (κ1) is 15.8. The smallest absolute Gasteiger partial charge is 0.101 e. The van der Waals surface area contributed by atoms with Gasteiger partial charge in [-0.1, -0.05) is 0 Å². The van der Waals surface area contributed by atoms with E-state index in [0.717, 1.165) is 32.8 Å². The number of hydrogen-bond acceptors (Lipinski definition) is 2. The summed E-state index contributed by atoms with van der Waals surface area (Å²) in [4.78, 5) is 1.60. The maximum absolute atomic E-state index is 5.13. The van der Waals surface area contributed by atoms with Crippen LogP contribution in [0.25, 0.3) is 0 Å². The lowest BCUT2D eigenvalue weighted by atomic mass is 10.2. The van der Waals surface area contributed by atoms with Gasteiger partial charge in [0.1, 0.15) is 13.1 Å². The number of quaternary nitrogens is 2. The third kappa shape index (κ3) is 10.4. The second-order valence-corrected chi connectivity index (χ2v) is 4.25. The summed E-state index contributed by atoms with van der Waals surface area (Å²) in [5, 5.41) is 0. The molecule has 0 atom stereocenters. The van der Waals surface area contributed by atoms with Gasteiger partial charge in [-0.25, -0.2) is 0 Å². The van der Waals surface area contributed by atoms with Gasteiger partial charge >= 0.3 is 0 Å². The average Bonchev–Trinajstić information content (AvgIpc) is 2.31. The molecule has 0 saturated heterocycles. The third-order valence-electron chi connectivity index (χ3n) is 2.85. The Morgan fingerprint density at radius 3 is 1.88 bits per heavy atom. The highest BCUT2D eigenvalue weighted by Gasteiger charge is 2.07. The van der Waals surface area contributed by atoms with E-state index < -0.39 is 0 Å². The monoisotopic (exact) mass is 234 g/mol.